The molecule has 3 heteroatoms. The van der Waals surface area contributed by atoms with E-state index in [1.54, 1.807) is 12.2 Å². The van der Waals surface area contributed by atoms with Crippen LogP contribution < -0.4 is 4.74 Å². The summed E-state index contributed by atoms with van der Waals surface area (Å²) in [6, 6.07) is 7.43. The minimum absolute atomic E-state index is 0.390. The number of hydrogen-bond donors (Lipinski definition) is 0. The molecule has 16 heavy (non-hydrogen) atoms. The molecule has 0 aliphatic carbocycles. The van der Waals surface area contributed by atoms with Crippen molar-refractivity contribution < 1.29 is 14.3 Å². The van der Waals surface area contributed by atoms with Gasteiger partial charge in [-0.2, -0.15) is 0 Å². The zero-order valence-electron chi connectivity index (χ0n) is 9.18. The molecule has 0 amide bonds. The zero-order valence-corrected chi connectivity index (χ0v) is 9.18. The molecular weight excluding hydrogens is 204 g/mol. The molecule has 0 radical (unpaired) electrons. The van der Waals surface area contributed by atoms with Gasteiger partial charge in [-0.1, -0.05) is 30.9 Å². The molecule has 0 aromatic heterocycles. The largest absolute Gasteiger partial charge is 0.489 e. The lowest BCUT2D eigenvalue weighted by Gasteiger charge is -2.06. The molecule has 0 saturated carbocycles. The summed E-state index contributed by atoms with van der Waals surface area (Å²) in [6.45, 7) is 4.01. The van der Waals surface area contributed by atoms with Crippen molar-refractivity contribution in [2.75, 3.05) is 13.7 Å². The van der Waals surface area contributed by atoms with Gasteiger partial charge in [0.25, 0.3) is 0 Å². The number of carbonyl (C=O) groups is 1. The minimum atomic E-state index is -0.390. The molecule has 0 unspecified atom stereocenters. The van der Waals surface area contributed by atoms with Gasteiger partial charge in [0.15, 0.2) is 0 Å². The van der Waals surface area contributed by atoms with Crippen molar-refractivity contribution in [1.29, 1.82) is 0 Å². The average molecular weight is 218 g/mol. The number of hydrogen-bond acceptors (Lipinski definition) is 3. The van der Waals surface area contributed by atoms with E-state index < -0.39 is 5.97 Å². The third-order valence-electron chi connectivity index (χ3n) is 1.88. The summed E-state index contributed by atoms with van der Waals surface area (Å²) < 4.78 is 9.94. The van der Waals surface area contributed by atoms with Crippen molar-refractivity contribution in [2.24, 2.45) is 0 Å². The number of ether oxygens (including phenoxy) is 2. The van der Waals surface area contributed by atoms with E-state index in [1.807, 2.05) is 24.3 Å². The van der Waals surface area contributed by atoms with Gasteiger partial charge in [0.05, 0.1) is 7.11 Å². The first-order chi connectivity index (χ1) is 7.77. The van der Waals surface area contributed by atoms with Gasteiger partial charge >= 0.3 is 5.97 Å². The van der Waals surface area contributed by atoms with Crippen LogP contribution in [0.15, 0.2) is 43.0 Å². The molecule has 3 nitrogen and oxygen atoms in total. The maximum Gasteiger partial charge on any atom is 0.330 e. The molecule has 0 N–H and O–H groups in total. The van der Waals surface area contributed by atoms with Crippen molar-refractivity contribution in [3.8, 4) is 5.75 Å². The number of rotatable bonds is 5. The lowest BCUT2D eigenvalue weighted by molar-refractivity contribution is -0.134. The van der Waals surface area contributed by atoms with Crippen LogP contribution in [0, 0.1) is 0 Å². The van der Waals surface area contributed by atoms with Gasteiger partial charge < -0.3 is 9.47 Å². The van der Waals surface area contributed by atoms with Crippen LogP contribution in [0.1, 0.15) is 5.56 Å². The van der Waals surface area contributed by atoms with Crippen LogP contribution in [0.4, 0.5) is 0 Å². The summed E-state index contributed by atoms with van der Waals surface area (Å²) in [4.78, 5) is 10.9. The fourth-order valence-electron chi connectivity index (χ4n) is 1.12. The maximum atomic E-state index is 10.9. The third kappa shape index (κ3) is 3.61. The summed E-state index contributed by atoms with van der Waals surface area (Å²) in [6.07, 6.45) is 4.68. The standard InChI is InChI=1S/C13H14O3/c1-3-10-16-12-7-5-4-6-11(12)8-9-13(14)15-2/h3-9H,1,10H2,2H3/b9-8+. The molecule has 1 rings (SSSR count). The predicted octanol–water partition coefficient (Wildman–Crippen LogP) is 2.44. The van der Waals surface area contributed by atoms with E-state index >= 15 is 0 Å². The minimum Gasteiger partial charge on any atom is -0.489 e. The van der Waals surface area contributed by atoms with Crippen LogP contribution in [0.25, 0.3) is 6.08 Å². The Kier molecular flexibility index (Phi) is 4.86. The van der Waals surface area contributed by atoms with Gasteiger partial charge in [-0.05, 0) is 12.1 Å². The quantitative estimate of drug-likeness (QED) is 0.432. The zero-order chi connectivity index (χ0) is 11.8. The second-order valence-electron chi connectivity index (χ2n) is 2.99. The number of benzene rings is 1. The highest BCUT2D eigenvalue weighted by Gasteiger charge is 1.99. The average Bonchev–Trinajstić information content (AvgIpc) is 2.34. The first-order valence-corrected chi connectivity index (χ1v) is 4.86. The van der Waals surface area contributed by atoms with Crippen LogP contribution >= 0.6 is 0 Å². The fraction of sp³-hybridized carbons (Fsp3) is 0.154. The highest BCUT2D eigenvalue weighted by molar-refractivity contribution is 5.87. The Balaban J connectivity index is 2.81. The normalized spacial score (nSPS) is 10.1. The molecule has 1 aromatic rings. The Labute approximate surface area is 95.0 Å². The molecule has 0 fully saturated rings. The summed E-state index contributed by atoms with van der Waals surface area (Å²) >= 11 is 0. The summed E-state index contributed by atoms with van der Waals surface area (Å²) in [5, 5.41) is 0. The molecule has 0 saturated heterocycles. The topological polar surface area (TPSA) is 35.5 Å². The number of para-hydroxylation sites is 1. The van der Waals surface area contributed by atoms with Gasteiger partial charge in [-0.15, -0.1) is 0 Å². The molecule has 84 valence electrons. The van der Waals surface area contributed by atoms with Crippen molar-refractivity contribution in [2.45, 2.75) is 0 Å². The fourth-order valence-corrected chi connectivity index (χ4v) is 1.12. The highest BCUT2D eigenvalue weighted by atomic mass is 16.5. The molecule has 0 bridgehead atoms. The summed E-state index contributed by atoms with van der Waals surface area (Å²) in [5.74, 6) is 0.320. The molecular formula is C13H14O3. The van der Waals surface area contributed by atoms with E-state index in [0.29, 0.717) is 12.4 Å². The Hall–Kier alpha value is -2.03. The second-order valence-corrected chi connectivity index (χ2v) is 2.99. The number of carbonyl (C=O) groups excluding carboxylic acids is 1. The van der Waals surface area contributed by atoms with Crippen molar-refractivity contribution in [3.05, 3.63) is 48.6 Å². The van der Waals surface area contributed by atoms with Crippen molar-refractivity contribution >= 4 is 12.0 Å². The van der Waals surface area contributed by atoms with Gasteiger partial charge in [0.1, 0.15) is 12.4 Å². The predicted molar refractivity (Wildman–Crippen MR) is 63.2 cm³/mol. The Morgan fingerprint density at radius 2 is 2.19 bits per heavy atom. The van der Waals surface area contributed by atoms with E-state index in [9.17, 15) is 4.79 Å². The summed E-state index contributed by atoms with van der Waals surface area (Å²) in [7, 11) is 1.34. The smallest absolute Gasteiger partial charge is 0.330 e. The van der Waals surface area contributed by atoms with E-state index in [-0.39, 0.29) is 0 Å². The highest BCUT2D eigenvalue weighted by Crippen LogP contribution is 2.19. The van der Waals surface area contributed by atoms with E-state index in [1.165, 1.54) is 13.2 Å². The Morgan fingerprint density at radius 3 is 2.88 bits per heavy atom. The van der Waals surface area contributed by atoms with E-state index in [2.05, 4.69) is 11.3 Å². The maximum absolute atomic E-state index is 10.9. The molecule has 0 heterocycles. The summed E-state index contributed by atoms with van der Waals surface area (Å²) in [5.41, 5.74) is 0.828. The van der Waals surface area contributed by atoms with Gasteiger partial charge in [0, 0.05) is 11.6 Å². The van der Waals surface area contributed by atoms with Crippen molar-refractivity contribution in [1.82, 2.24) is 0 Å². The molecule has 0 spiro atoms. The first kappa shape index (κ1) is 12.0. The van der Waals surface area contributed by atoms with Crippen molar-refractivity contribution in [3.63, 3.8) is 0 Å². The number of esters is 1. The Morgan fingerprint density at radius 1 is 1.44 bits per heavy atom. The van der Waals surface area contributed by atoms with Gasteiger partial charge in [0.2, 0.25) is 0 Å². The molecule has 0 aliphatic heterocycles. The second kappa shape index (κ2) is 6.45. The van der Waals surface area contributed by atoms with Crippen LogP contribution in [-0.2, 0) is 9.53 Å². The van der Waals surface area contributed by atoms with Crippen LogP contribution in [0.2, 0.25) is 0 Å². The number of methoxy groups -OCH3 is 1. The monoisotopic (exact) mass is 218 g/mol. The SMILES string of the molecule is C=CCOc1ccccc1/C=C/C(=O)OC. The molecule has 0 aliphatic rings. The third-order valence-corrected chi connectivity index (χ3v) is 1.88. The lowest BCUT2D eigenvalue weighted by Crippen LogP contribution is -1.96. The molecule has 0 atom stereocenters. The van der Waals surface area contributed by atoms with E-state index in [0.717, 1.165) is 5.56 Å². The van der Waals surface area contributed by atoms with Gasteiger partial charge in [-0.25, -0.2) is 4.79 Å². The van der Waals surface area contributed by atoms with Crippen LogP contribution in [-0.4, -0.2) is 19.7 Å². The Bertz CT molecular complexity index is 394. The molecule has 1 aromatic carbocycles. The van der Waals surface area contributed by atoms with E-state index in [4.69, 9.17) is 4.74 Å². The van der Waals surface area contributed by atoms with Crippen LogP contribution in [0.3, 0.4) is 0 Å². The first-order valence-electron chi connectivity index (χ1n) is 4.86. The van der Waals surface area contributed by atoms with Gasteiger partial charge in [-0.3, -0.25) is 0 Å². The van der Waals surface area contributed by atoms with Crippen LogP contribution in [0.5, 0.6) is 5.75 Å². The lowest BCUT2D eigenvalue weighted by atomic mass is 10.2.